The van der Waals surface area contributed by atoms with Gasteiger partial charge in [-0.25, -0.2) is 8.78 Å². The summed E-state index contributed by atoms with van der Waals surface area (Å²) in [4.78, 5) is 0. The lowest BCUT2D eigenvalue weighted by Gasteiger charge is -2.28. The molecule has 1 saturated heterocycles. The lowest BCUT2D eigenvalue weighted by atomic mass is 9.96. The Balaban J connectivity index is 2.39. The maximum atomic E-state index is 13.3. The molecule has 3 heteroatoms. The minimum absolute atomic E-state index is 0.00935. The van der Waals surface area contributed by atoms with E-state index in [0.29, 0.717) is 11.1 Å². The first-order valence-electron chi connectivity index (χ1n) is 4.37. The van der Waals surface area contributed by atoms with Gasteiger partial charge in [0.25, 0.3) is 0 Å². The van der Waals surface area contributed by atoms with Crippen molar-refractivity contribution in [3.05, 3.63) is 34.9 Å². The van der Waals surface area contributed by atoms with Crippen molar-refractivity contribution in [2.45, 2.75) is 19.4 Å². The second-order valence-corrected chi connectivity index (χ2v) is 3.42. The fraction of sp³-hybridized carbons (Fsp3) is 0.400. The van der Waals surface area contributed by atoms with Gasteiger partial charge in [-0.05, 0) is 37.6 Å². The van der Waals surface area contributed by atoms with Crippen LogP contribution in [0.5, 0.6) is 0 Å². The fourth-order valence-corrected chi connectivity index (χ4v) is 1.48. The van der Waals surface area contributed by atoms with Crippen molar-refractivity contribution in [2.24, 2.45) is 0 Å². The molecule has 1 unspecified atom stereocenters. The van der Waals surface area contributed by atoms with Gasteiger partial charge in [0, 0.05) is 11.6 Å². The second-order valence-electron chi connectivity index (χ2n) is 3.42. The van der Waals surface area contributed by atoms with E-state index >= 15 is 0 Å². The summed E-state index contributed by atoms with van der Waals surface area (Å²) in [5, 5.41) is 3.04. The summed E-state index contributed by atoms with van der Waals surface area (Å²) in [6.07, 6.45) is 0.888. The van der Waals surface area contributed by atoms with Crippen LogP contribution in [0.25, 0.3) is 0 Å². The van der Waals surface area contributed by atoms with E-state index in [4.69, 9.17) is 0 Å². The lowest BCUT2D eigenvalue weighted by Crippen LogP contribution is -2.35. The van der Waals surface area contributed by atoms with Crippen LogP contribution in [-0.2, 0) is 0 Å². The van der Waals surface area contributed by atoms with Crippen LogP contribution in [0.1, 0.15) is 23.6 Å². The summed E-state index contributed by atoms with van der Waals surface area (Å²) < 4.78 is 26.4. The van der Waals surface area contributed by atoms with Gasteiger partial charge in [-0.2, -0.15) is 0 Å². The average molecular weight is 183 g/mol. The molecule has 0 saturated carbocycles. The molecule has 1 nitrogen and oxygen atoms in total. The molecule has 1 atom stereocenters. The zero-order chi connectivity index (χ0) is 9.42. The lowest BCUT2D eigenvalue weighted by molar-refractivity contribution is 0.368. The topological polar surface area (TPSA) is 12.0 Å². The molecule has 1 N–H and O–H groups in total. The molecule has 1 heterocycles. The summed E-state index contributed by atoms with van der Waals surface area (Å²) >= 11 is 0. The maximum absolute atomic E-state index is 13.3. The molecule has 70 valence electrons. The Bertz CT molecular complexity index is 332. The zero-order valence-corrected chi connectivity index (χ0v) is 7.40. The van der Waals surface area contributed by atoms with Crippen molar-refractivity contribution in [2.75, 3.05) is 6.54 Å². The van der Waals surface area contributed by atoms with Crippen LogP contribution in [0.3, 0.4) is 0 Å². The largest absolute Gasteiger partial charge is 0.310 e. The van der Waals surface area contributed by atoms with Crippen molar-refractivity contribution in [3.8, 4) is 0 Å². The SMILES string of the molecule is Cc1cc(F)c(C2CCN2)cc1F. The van der Waals surface area contributed by atoms with Crippen LogP contribution in [-0.4, -0.2) is 6.54 Å². The predicted octanol–water partition coefficient (Wildman–Crippen LogP) is 2.31. The Hall–Kier alpha value is -0.960. The highest BCUT2D eigenvalue weighted by Gasteiger charge is 2.22. The molecule has 1 aliphatic rings. The highest BCUT2D eigenvalue weighted by atomic mass is 19.1. The van der Waals surface area contributed by atoms with E-state index < -0.39 is 0 Å². The van der Waals surface area contributed by atoms with Crippen molar-refractivity contribution in [3.63, 3.8) is 0 Å². The summed E-state index contributed by atoms with van der Waals surface area (Å²) in [7, 11) is 0. The molecule has 0 aliphatic carbocycles. The molecular weight excluding hydrogens is 172 g/mol. The molecule has 1 aromatic rings. The van der Waals surface area contributed by atoms with Gasteiger partial charge in [-0.1, -0.05) is 0 Å². The molecule has 0 radical (unpaired) electrons. The molecule has 2 rings (SSSR count). The van der Waals surface area contributed by atoms with E-state index in [2.05, 4.69) is 5.32 Å². The van der Waals surface area contributed by atoms with E-state index in [1.54, 1.807) is 6.92 Å². The number of aryl methyl sites for hydroxylation is 1. The van der Waals surface area contributed by atoms with Gasteiger partial charge in [0.1, 0.15) is 11.6 Å². The van der Waals surface area contributed by atoms with Gasteiger partial charge < -0.3 is 5.32 Å². The van der Waals surface area contributed by atoms with Crippen LogP contribution in [0.2, 0.25) is 0 Å². The molecule has 0 spiro atoms. The standard InChI is InChI=1S/C10H11F2N/c1-6-4-9(12)7(5-8(6)11)10-2-3-13-10/h4-5,10,13H,2-3H2,1H3. The van der Waals surface area contributed by atoms with Crippen molar-refractivity contribution < 1.29 is 8.78 Å². The first kappa shape index (κ1) is 8.63. The van der Waals surface area contributed by atoms with E-state index in [0.717, 1.165) is 13.0 Å². The Morgan fingerprint density at radius 1 is 1.31 bits per heavy atom. The fourth-order valence-electron chi connectivity index (χ4n) is 1.48. The zero-order valence-electron chi connectivity index (χ0n) is 7.40. The third-order valence-corrected chi connectivity index (χ3v) is 2.48. The number of halogens is 2. The first-order valence-corrected chi connectivity index (χ1v) is 4.37. The Morgan fingerprint density at radius 3 is 2.54 bits per heavy atom. The maximum Gasteiger partial charge on any atom is 0.128 e. The van der Waals surface area contributed by atoms with Gasteiger partial charge in [-0.15, -0.1) is 0 Å². The van der Waals surface area contributed by atoms with Crippen LogP contribution in [0, 0.1) is 18.6 Å². The summed E-state index contributed by atoms with van der Waals surface area (Å²) in [6.45, 7) is 2.45. The van der Waals surface area contributed by atoms with Crippen LogP contribution in [0.15, 0.2) is 12.1 Å². The Kier molecular flexibility index (Phi) is 2.04. The monoisotopic (exact) mass is 183 g/mol. The highest BCUT2D eigenvalue weighted by molar-refractivity contribution is 5.28. The average Bonchev–Trinajstić information content (AvgIpc) is 1.96. The Morgan fingerprint density at radius 2 is 2.00 bits per heavy atom. The highest BCUT2D eigenvalue weighted by Crippen LogP contribution is 2.26. The number of hydrogen-bond acceptors (Lipinski definition) is 1. The molecular formula is C10H11F2N. The summed E-state index contributed by atoms with van der Waals surface area (Å²) in [5.74, 6) is -0.638. The second kappa shape index (κ2) is 3.07. The summed E-state index contributed by atoms with van der Waals surface area (Å²) in [5.41, 5.74) is 0.815. The third-order valence-electron chi connectivity index (χ3n) is 2.48. The van der Waals surface area contributed by atoms with Crippen molar-refractivity contribution in [1.29, 1.82) is 0 Å². The van der Waals surface area contributed by atoms with Crippen LogP contribution >= 0.6 is 0 Å². The number of rotatable bonds is 1. The van der Waals surface area contributed by atoms with E-state index in [1.807, 2.05) is 0 Å². The van der Waals surface area contributed by atoms with Crippen LogP contribution in [0.4, 0.5) is 8.78 Å². The van der Waals surface area contributed by atoms with E-state index in [9.17, 15) is 8.78 Å². The van der Waals surface area contributed by atoms with Crippen molar-refractivity contribution >= 4 is 0 Å². The Labute approximate surface area is 75.8 Å². The normalized spacial score (nSPS) is 21.3. The van der Waals surface area contributed by atoms with E-state index in [-0.39, 0.29) is 17.7 Å². The molecule has 1 aromatic carbocycles. The minimum atomic E-state index is -0.329. The first-order chi connectivity index (χ1) is 6.18. The molecule has 0 aromatic heterocycles. The van der Waals surface area contributed by atoms with Gasteiger partial charge >= 0.3 is 0 Å². The van der Waals surface area contributed by atoms with Crippen LogP contribution < -0.4 is 5.32 Å². The number of hydrogen-bond donors (Lipinski definition) is 1. The molecule has 13 heavy (non-hydrogen) atoms. The quantitative estimate of drug-likeness (QED) is 0.704. The summed E-state index contributed by atoms with van der Waals surface area (Å²) in [6, 6.07) is 2.56. The van der Waals surface area contributed by atoms with Crippen molar-refractivity contribution in [1.82, 2.24) is 5.32 Å². The number of nitrogens with one attached hydrogen (secondary N) is 1. The third kappa shape index (κ3) is 1.44. The number of benzene rings is 1. The molecule has 0 amide bonds. The molecule has 0 bridgehead atoms. The minimum Gasteiger partial charge on any atom is -0.310 e. The molecule has 1 fully saturated rings. The van der Waals surface area contributed by atoms with Gasteiger partial charge in [0.15, 0.2) is 0 Å². The van der Waals surface area contributed by atoms with Gasteiger partial charge in [0.2, 0.25) is 0 Å². The predicted molar refractivity (Wildman–Crippen MR) is 46.5 cm³/mol. The van der Waals surface area contributed by atoms with E-state index in [1.165, 1.54) is 12.1 Å². The van der Waals surface area contributed by atoms with Gasteiger partial charge in [-0.3, -0.25) is 0 Å². The smallest absolute Gasteiger partial charge is 0.128 e. The van der Waals surface area contributed by atoms with Gasteiger partial charge in [0.05, 0.1) is 0 Å². The molecule has 1 aliphatic heterocycles.